The van der Waals surface area contributed by atoms with E-state index in [1.54, 1.807) is 54.6 Å². The lowest BCUT2D eigenvalue weighted by atomic mass is 10.0. The zero-order chi connectivity index (χ0) is 23.6. The molecule has 5 nitrogen and oxygen atoms in total. The zero-order valence-corrected chi connectivity index (χ0v) is 17.4. The van der Waals surface area contributed by atoms with Crippen LogP contribution in [0.1, 0.15) is 37.5 Å². The number of alkyl halides is 3. The molecule has 4 aromatic rings. The molecule has 3 aromatic carbocycles. The van der Waals surface area contributed by atoms with Gasteiger partial charge in [0.25, 0.3) is 5.91 Å². The van der Waals surface area contributed by atoms with Crippen LogP contribution in [0.15, 0.2) is 85.1 Å². The van der Waals surface area contributed by atoms with Crippen LogP contribution in [0.2, 0.25) is 0 Å². The third-order valence-corrected chi connectivity index (χ3v) is 4.98. The lowest BCUT2D eigenvalue weighted by Gasteiger charge is -2.13. The van der Waals surface area contributed by atoms with Gasteiger partial charge in [0, 0.05) is 16.8 Å². The van der Waals surface area contributed by atoms with Crippen LogP contribution in [0, 0.1) is 6.92 Å². The number of halogens is 3. The van der Waals surface area contributed by atoms with Crippen LogP contribution in [-0.2, 0) is 6.18 Å². The van der Waals surface area contributed by atoms with E-state index in [1.165, 1.54) is 24.3 Å². The molecule has 0 saturated heterocycles. The molecule has 0 aliphatic rings. The highest BCUT2D eigenvalue weighted by Gasteiger charge is 2.40. The predicted octanol–water partition coefficient (Wildman–Crippen LogP) is 5.68. The van der Waals surface area contributed by atoms with Crippen LogP contribution in [0.3, 0.4) is 0 Å². The molecule has 0 unspecified atom stereocenters. The molecular formula is C25H18F3N3O2. The quantitative estimate of drug-likeness (QED) is 0.399. The van der Waals surface area contributed by atoms with Gasteiger partial charge < -0.3 is 5.32 Å². The average Bonchev–Trinajstić information content (AvgIpc) is 3.26. The van der Waals surface area contributed by atoms with Gasteiger partial charge in [0.1, 0.15) is 0 Å². The number of benzene rings is 3. The average molecular weight is 449 g/mol. The fourth-order valence-electron chi connectivity index (χ4n) is 3.36. The first kappa shape index (κ1) is 22.0. The number of carbonyl (C=O) groups is 2. The summed E-state index contributed by atoms with van der Waals surface area (Å²) in [5.41, 5.74) is 0.205. The van der Waals surface area contributed by atoms with Gasteiger partial charge in [-0.3, -0.25) is 9.59 Å². The molecule has 0 fully saturated rings. The van der Waals surface area contributed by atoms with E-state index in [2.05, 4.69) is 10.4 Å². The molecule has 4 rings (SSSR count). The van der Waals surface area contributed by atoms with E-state index in [0.717, 1.165) is 11.8 Å². The van der Waals surface area contributed by atoms with Crippen LogP contribution in [0.4, 0.5) is 18.9 Å². The summed E-state index contributed by atoms with van der Waals surface area (Å²) in [6, 6.07) is 20.9. The summed E-state index contributed by atoms with van der Waals surface area (Å²) in [5, 5.41) is 6.26. The van der Waals surface area contributed by atoms with Crippen molar-refractivity contribution in [2.75, 3.05) is 5.32 Å². The van der Waals surface area contributed by atoms with Crippen LogP contribution in [0.5, 0.6) is 0 Å². The van der Waals surface area contributed by atoms with E-state index in [0.29, 0.717) is 15.8 Å². The molecule has 8 heteroatoms. The molecule has 0 aliphatic carbocycles. The first-order valence-electron chi connectivity index (χ1n) is 9.97. The van der Waals surface area contributed by atoms with Crippen molar-refractivity contribution in [2.24, 2.45) is 0 Å². The van der Waals surface area contributed by atoms with Crippen molar-refractivity contribution in [1.29, 1.82) is 0 Å². The Morgan fingerprint density at radius 3 is 2.21 bits per heavy atom. The topological polar surface area (TPSA) is 64.0 Å². The standard InChI is InChI=1S/C25H18F3N3O2/c1-16-10-12-20(13-11-16)31-23(25(26,27)28)21(15-29-31)24(33)30-19-9-5-8-18(14-19)22(32)17-6-3-2-4-7-17/h2-15H,1H3,(H,30,33). The van der Waals surface area contributed by atoms with Crippen molar-refractivity contribution < 1.29 is 22.8 Å². The summed E-state index contributed by atoms with van der Waals surface area (Å²) in [6.07, 6.45) is -3.93. The minimum absolute atomic E-state index is 0.183. The van der Waals surface area contributed by atoms with Gasteiger partial charge >= 0.3 is 6.18 Å². The Morgan fingerprint density at radius 2 is 1.55 bits per heavy atom. The maximum Gasteiger partial charge on any atom is 0.434 e. The highest BCUT2D eigenvalue weighted by molar-refractivity contribution is 6.10. The largest absolute Gasteiger partial charge is 0.434 e. The number of carbonyl (C=O) groups excluding carboxylic acids is 2. The molecular weight excluding hydrogens is 431 g/mol. The third kappa shape index (κ3) is 4.69. The van der Waals surface area contributed by atoms with Gasteiger partial charge in [0.2, 0.25) is 0 Å². The summed E-state index contributed by atoms with van der Waals surface area (Å²) >= 11 is 0. The van der Waals surface area contributed by atoms with E-state index in [9.17, 15) is 22.8 Å². The minimum atomic E-state index is -4.82. The van der Waals surface area contributed by atoms with E-state index in [-0.39, 0.29) is 17.2 Å². The second-order valence-corrected chi connectivity index (χ2v) is 7.38. The molecule has 1 heterocycles. The van der Waals surface area contributed by atoms with Gasteiger partial charge in [0.15, 0.2) is 11.5 Å². The highest BCUT2D eigenvalue weighted by atomic mass is 19.4. The smallest absolute Gasteiger partial charge is 0.322 e. The second kappa shape index (κ2) is 8.74. The summed E-state index contributed by atoms with van der Waals surface area (Å²) in [5.74, 6) is -1.25. The molecule has 0 atom stereocenters. The van der Waals surface area contributed by atoms with Gasteiger partial charge in [-0.1, -0.05) is 60.2 Å². The van der Waals surface area contributed by atoms with Crippen LogP contribution < -0.4 is 5.32 Å². The number of rotatable bonds is 5. The van der Waals surface area contributed by atoms with E-state index >= 15 is 0 Å². The molecule has 1 aromatic heterocycles. The number of amides is 1. The summed E-state index contributed by atoms with van der Waals surface area (Å²) < 4.78 is 42.3. The Balaban J connectivity index is 1.64. The molecule has 1 N–H and O–H groups in total. The Hall–Kier alpha value is -4.20. The number of anilines is 1. The first-order chi connectivity index (χ1) is 15.7. The lowest BCUT2D eigenvalue weighted by molar-refractivity contribution is -0.143. The lowest BCUT2D eigenvalue weighted by Crippen LogP contribution is -2.20. The number of aryl methyl sites for hydroxylation is 1. The number of hydrogen-bond donors (Lipinski definition) is 1. The molecule has 0 spiro atoms. The maximum absolute atomic E-state index is 13.9. The Morgan fingerprint density at radius 1 is 0.879 bits per heavy atom. The van der Waals surface area contributed by atoms with Crippen molar-refractivity contribution >= 4 is 17.4 Å². The van der Waals surface area contributed by atoms with Gasteiger partial charge in [-0.2, -0.15) is 18.3 Å². The summed E-state index contributed by atoms with van der Waals surface area (Å²) in [4.78, 5) is 25.4. The van der Waals surface area contributed by atoms with E-state index in [4.69, 9.17) is 0 Å². The number of aromatic nitrogens is 2. The fraction of sp³-hybridized carbons (Fsp3) is 0.0800. The van der Waals surface area contributed by atoms with Crippen molar-refractivity contribution in [3.63, 3.8) is 0 Å². The molecule has 166 valence electrons. The van der Waals surface area contributed by atoms with Crippen molar-refractivity contribution in [3.8, 4) is 5.69 Å². The normalized spacial score (nSPS) is 11.3. The molecule has 1 amide bonds. The Labute approximate surface area is 187 Å². The minimum Gasteiger partial charge on any atom is -0.322 e. The molecule has 0 aliphatic heterocycles. The monoisotopic (exact) mass is 449 g/mol. The van der Waals surface area contributed by atoms with Gasteiger partial charge in [-0.05, 0) is 31.2 Å². The Kier molecular flexibility index (Phi) is 5.83. The van der Waals surface area contributed by atoms with Crippen LogP contribution >= 0.6 is 0 Å². The summed E-state index contributed by atoms with van der Waals surface area (Å²) in [6.45, 7) is 1.81. The van der Waals surface area contributed by atoms with Crippen LogP contribution in [-0.4, -0.2) is 21.5 Å². The van der Waals surface area contributed by atoms with E-state index < -0.39 is 23.3 Å². The van der Waals surface area contributed by atoms with E-state index in [1.807, 2.05) is 6.92 Å². The zero-order valence-electron chi connectivity index (χ0n) is 17.4. The van der Waals surface area contributed by atoms with Crippen molar-refractivity contribution in [1.82, 2.24) is 9.78 Å². The molecule has 0 bridgehead atoms. The summed E-state index contributed by atoms with van der Waals surface area (Å²) in [7, 11) is 0. The molecule has 0 radical (unpaired) electrons. The molecule has 0 saturated carbocycles. The van der Waals surface area contributed by atoms with Gasteiger partial charge in [0.05, 0.1) is 17.4 Å². The van der Waals surface area contributed by atoms with Gasteiger partial charge in [-0.25, -0.2) is 4.68 Å². The van der Waals surface area contributed by atoms with Gasteiger partial charge in [-0.15, -0.1) is 0 Å². The third-order valence-electron chi connectivity index (χ3n) is 4.98. The molecule has 33 heavy (non-hydrogen) atoms. The SMILES string of the molecule is Cc1ccc(-n2ncc(C(=O)Nc3cccc(C(=O)c4ccccc4)c3)c2C(F)(F)F)cc1. The van der Waals surface area contributed by atoms with Crippen molar-refractivity contribution in [2.45, 2.75) is 13.1 Å². The number of hydrogen-bond acceptors (Lipinski definition) is 3. The maximum atomic E-state index is 13.9. The predicted molar refractivity (Wildman–Crippen MR) is 118 cm³/mol. The number of nitrogens with one attached hydrogen (secondary N) is 1. The first-order valence-corrected chi connectivity index (χ1v) is 9.97. The fourth-order valence-corrected chi connectivity index (χ4v) is 3.36. The number of nitrogens with zero attached hydrogens (tertiary/aromatic N) is 2. The van der Waals surface area contributed by atoms with Crippen molar-refractivity contribution in [3.05, 3.63) is 113 Å². The number of ketones is 1. The van der Waals surface area contributed by atoms with Crippen LogP contribution in [0.25, 0.3) is 5.69 Å². The Bertz CT molecular complexity index is 1310. The highest BCUT2D eigenvalue weighted by Crippen LogP contribution is 2.34. The second-order valence-electron chi connectivity index (χ2n) is 7.38.